The summed E-state index contributed by atoms with van der Waals surface area (Å²) in [5.41, 5.74) is 7.26. The second-order valence-electron chi connectivity index (χ2n) is 7.19. The van der Waals surface area contributed by atoms with Gasteiger partial charge in [-0.3, -0.25) is 4.79 Å². The van der Waals surface area contributed by atoms with Crippen LogP contribution in [0, 0.1) is 18.6 Å². The minimum atomic E-state index is -0.630. The van der Waals surface area contributed by atoms with Gasteiger partial charge in [0, 0.05) is 6.07 Å². The van der Waals surface area contributed by atoms with Crippen molar-refractivity contribution >= 4 is 34.8 Å². The van der Waals surface area contributed by atoms with Crippen LogP contribution in [0.3, 0.4) is 0 Å². The zero-order valence-electron chi connectivity index (χ0n) is 17.8. The van der Waals surface area contributed by atoms with Gasteiger partial charge in [0.05, 0.1) is 17.1 Å². The fourth-order valence-corrected chi connectivity index (χ4v) is 3.49. The maximum absolute atomic E-state index is 14.4. The summed E-state index contributed by atoms with van der Waals surface area (Å²) in [6, 6.07) is 13.6. The maximum Gasteiger partial charge on any atom is 0.261 e. The van der Waals surface area contributed by atoms with Gasteiger partial charge in [-0.2, -0.15) is 0 Å². The van der Waals surface area contributed by atoms with Crippen LogP contribution in [0.2, 0.25) is 5.02 Å². The van der Waals surface area contributed by atoms with Gasteiger partial charge in [0.15, 0.2) is 0 Å². The Balaban J connectivity index is 0.00000324. The molecule has 5 N–H and O–H groups in total. The van der Waals surface area contributed by atoms with Crippen molar-refractivity contribution in [1.82, 2.24) is 5.16 Å². The van der Waals surface area contributed by atoms with Crippen molar-refractivity contribution in [3.63, 3.8) is 0 Å². The lowest BCUT2D eigenvalue weighted by Crippen LogP contribution is -3.00. The van der Waals surface area contributed by atoms with E-state index < -0.39 is 11.7 Å². The molecule has 0 bridgehead atoms. The molecule has 2 aromatic carbocycles. The first-order valence-corrected chi connectivity index (χ1v) is 10.2. The molecule has 0 atom stereocenters. The number of nitrogens with one attached hydrogen (secondary N) is 3. The standard InChI is InChI=1S/C23H18ClF2N5O2.ClH/c1-12-19(21(31-33-12)20-15(24)3-2-4-16(20)26)23(32)29-17-9-10-18(30-22(17)27)28-11-13-5-7-14(25)8-6-13;/h2-10H,11H2,1H3,(H,29,32)(H3,27,28,30);1H. The van der Waals surface area contributed by atoms with Crippen LogP contribution in [-0.4, -0.2) is 11.1 Å². The zero-order valence-corrected chi connectivity index (χ0v) is 19.3. The van der Waals surface area contributed by atoms with Crippen LogP contribution in [0.25, 0.3) is 11.3 Å². The Bertz CT molecular complexity index is 1310. The van der Waals surface area contributed by atoms with Gasteiger partial charge in [-0.25, -0.2) is 13.8 Å². The third kappa shape index (κ3) is 5.27. The summed E-state index contributed by atoms with van der Waals surface area (Å²) in [4.78, 5) is 15.9. The molecule has 0 aliphatic rings. The van der Waals surface area contributed by atoms with Gasteiger partial charge in [-0.1, -0.05) is 35.0 Å². The molecule has 2 heterocycles. The predicted molar refractivity (Wildman–Crippen MR) is 121 cm³/mol. The van der Waals surface area contributed by atoms with Crippen molar-refractivity contribution in [1.29, 1.82) is 0 Å². The molecule has 4 aromatic rings. The van der Waals surface area contributed by atoms with E-state index in [1.165, 1.54) is 37.3 Å². The first kappa shape index (κ1) is 24.9. The fourth-order valence-electron chi connectivity index (χ4n) is 3.24. The first-order valence-electron chi connectivity index (χ1n) is 9.85. The number of amides is 1. The minimum Gasteiger partial charge on any atom is -1.00 e. The lowest BCUT2D eigenvalue weighted by atomic mass is 10.0. The number of rotatable bonds is 6. The van der Waals surface area contributed by atoms with Crippen molar-refractivity contribution in [3.8, 4) is 11.3 Å². The largest absolute Gasteiger partial charge is 1.00 e. The zero-order chi connectivity index (χ0) is 23.5. The molecular formula is C23H19Cl2F2N5O2. The van der Waals surface area contributed by atoms with E-state index in [0.29, 0.717) is 18.1 Å². The second-order valence-corrected chi connectivity index (χ2v) is 7.60. The number of pyridine rings is 1. The summed E-state index contributed by atoms with van der Waals surface area (Å²) in [6.07, 6.45) is 0. The van der Waals surface area contributed by atoms with Gasteiger partial charge in [0.25, 0.3) is 5.91 Å². The Morgan fingerprint density at radius 1 is 1.15 bits per heavy atom. The molecule has 0 spiro atoms. The molecule has 0 radical (unpaired) electrons. The molecule has 34 heavy (non-hydrogen) atoms. The van der Waals surface area contributed by atoms with E-state index >= 15 is 0 Å². The number of hydrogen-bond acceptors (Lipinski definition) is 5. The molecule has 4 rings (SSSR count). The Morgan fingerprint density at radius 2 is 1.88 bits per heavy atom. The highest BCUT2D eigenvalue weighted by Crippen LogP contribution is 2.34. The van der Waals surface area contributed by atoms with Gasteiger partial charge in [0.1, 0.15) is 34.3 Å². The second kappa shape index (κ2) is 10.5. The van der Waals surface area contributed by atoms with Gasteiger partial charge in [-0.05, 0) is 42.8 Å². The third-order valence-corrected chi connectivity index (χ3v) is 5.22. The number of benzene rings is 2. The van der Waals surface area contributed by atoms with Crippen LogP contribution >= 0.6 is 11.6 Å². The molecule has 7 nitrogen and oxygen atoms in total. The number of halogens is 4. The van der Waals surface area contributed by atoms with Crippen LogP contribution in [0.5, 0.6) is 0 Å². The summed E-state index contributed by atoms with van der Waals surface area (Å²) in [5, 5.41) is 9.74. The number of anilines is 3. The van der Waals surface area contributed by atoms with Crippen molar-refractivity contribution in [2.75, 3.05) is 16.4 Å². The van der Waals surface area contributed by atoms with E-state index in [1.54, 1.807) is 24.3 Å². The molecule has 0 aliphatic carbocycles. The number of nitrogens with zero attached hydrogens (tertiary/aromatic N) is 1. The van der Waals surface area contributed by atoms with Crippen LogP contribution in [0.1, 0.15) is 21.7 Å². The third-order valence-electron chi connectivity index (χ3n) is 4.91. The topological polar surface area (TPSA) is 107 Å². The van der Waals surface area contributed by atoms with Crippen LogP contribution in [0.15, 0.2) is 59.1 Å². The number of carbonyl (C=O) groups is 1. The highest BCUT2D eigenvalue weighted by molar-refractivity contribution is 6.33. The van der Waals surface area contributed by atoms with Crippen molar-refractivity contribution in [2.24, 2.45) is 0 Å². The molecule has 1 amide bonds. The van der Waals surface area contributed by atoms with E-state index in [2.05, 4.69) is 20.8 Å². The maximum atomic E-state index is 14.4. The molecule has 0 fully saturated rings. The SMILES string of the molecule is Cc1onc(-c2c(F)cccc2Cl)c1C(=O)Nc1ccc(NCc2ccc(F)cc2)[nH+]c1N.[Cl-]. The number of aryl methyl sites for hydroxylation is 1. The molecule has 0 unspecified atom stereocenters. The highest BCUT2D eigenvalue weighted by Gasteiger charge is 2.26. The van der Waals surface area contributed by atoms with E-state index in [1.807, 2.05) is 0 Å². The van der Waals surface area contributed by atoms with E-state index in [-0.39, 0.29) is 51.6 Å². The van der Waals surface area contributed by atoms with Crippen LogP contribution in [0.4, 0.5) is 26.1 Å². The number of aromatic amines is 1. The van der Waals surface area contributed by atoms with E-state index in [9.17, 15) is 13.6 Å². The number of carbonyl (C=O) groups excluding carboxylic acids is 1. The number of hydrogen-bond donors (Lipinski definition) is 3. The monoisotopic (exact) mass is 505 g/mol. The van der Waals surface area contributed by atoms with Crippen LogP contribution < -0.4 is 33.8 Å². The predicted octanol–water partition coefficient (Wildman–Crippen LogP) is 1.85. The number of nitrogen functional groups attached to an aromatic ring is 1. The summed E-state index contributed by atoms with van der Waals surface area (Å²) in [5.74, 6) is -0.550. The average Bonchev–Trinajstić information content (AvgIpc) is 3.16. The number of H-pyrrole nitrogens is 1. The number of nitrogens with two attached hydrogens (primary N) is 1. The fraction of sp³-hybridized carbons (Fsp3) is 0.0870. The molecule has 0 aliphatic heterocycles. The first-order chi connectivity index (χ1) is 15.8. The Morgan fingerprint density at radius 3 is 2.56 bits per heavy atom. The van der Waals surface area contributed by atoms with Gasteiger partial charge < -0.3 is 33.3 Å². The van der Waals surface area contributed by atoms with E-state index in [4.69, 9.17) is 21.9 Å². The molecule has 176 valence electrons. The quantitative estimate of drug-likeness (QED) is 0.370. The van der Waals surface area contributed by atoms with Gasteiger partial charge in [0.2, 0.25) is 11.6 Å². The van der Waals surface area contributed by atoms with E-state index in [0.717, 1.165) is 5.56 Å². The lowest BCUT2D eigenvalue weighted by molar-refractivity contribution is -0.342. The Kier molecular flexibility index (Phi) is 7.70. The minimum absolute atomic E-state index is 0. The van der Waals surface area contributed by atoms with Gasteiger partial charge >= 0.3 is 0 Å². The Labute approximate surface area is 204 Å². The summed E-state index contributed by atoms with van der Waals surface area (Å²) in [6.45, 7) is 1.98. The van der Waals surface area contributed by atoms with Crippen molar-refractivity contribution in [3.05, 3.63) is 88.1 Å². The van der Waals surface area contributed by atoms with Gasteiger partial charge in [-0.15, -0.1) is 0 Å². The van der Waals surface area contributed by atoms with Crippen LogP contribution in [-0.2, 0) is 6.54 Å². The highest BCUT2D eigenvalue weighted by atomic mass is 35.5. The Hall–Kier alpha value is -3.69. The smallest absolute Gasteiger partial charge is 0.261 e. The molecule has 0 saturated carbocycles. The van der Waals surface area contributed by atoms with Crippen molar-refractivity contribution < 1.29 is 35.5 Å². The average molecular weight is 506 g/mol. The number of aromatic nitrogens is 2. The molecule has 11 heteroatoms. The summed E-state index contributed by atoms with van der Waals surface area (Å²) in [7, 11) is 0. The van der Waals surface area contributed by atoms with Crippen molar-refractivity contribution in [2.45, 2.75) is 13.5 Å². The molecule has 2 aromatic heterocycles. The molecular weight excluding hydrogens is 487 g/mol. The lowest BCUT2D eigenvalue weighted by Gasteiger charge is -2.09. The normalized spacial score (nSPS) is 10.5. The molecule has 0 saturated heterocycles. The summed E-state index contributed by atoms with van der Waals surface area (Å²) >= 11 is 6.13. The summed E-state index contributed by atoms with van der Waals surface area (Å²) < 4.78 is 32.6.